The van der Waals surface area contributed by atoms with Gasteiger partial charge in [0.05, 0.1) is 11.1 Å². The van der Waals surface area contributed by atoms with Crippen molar-refractivity contribution in [3.8, 4) is 6.07 Å². The maximum atomic E-state index is 13.3. The van der Waals surface area contributed by atoms with Crippen molar-refractivity contribution in [2.45, 2.75) is 10.8 Å². The third-order valence-corrected chi connectivity index (χ3v) is 4.75. The minimum Gasteiger partial charge on any atom is -0.383 e. The molecule has 134 valence electrons. The van der Waals surface area contributed by atoms with Crippen LogP contribution in [0.3, 0.4) is 0 Å². The Balaban J connectivity index is 1.81. The molecule has 27 heavy (non-hydrogen) atoms. The second kappa shape index (κ2) is 8.34. The average molecular weight is 378 g/mol. The van der Waals surface area contributed by atoms with Crippen LogP contribution in [0.15, 0.2) is 65.7 Å². The molecule has 0 unspecified atom stereocenters. The first kappa shape index (κ1) is 18.4. The minimum absolute atomic E-state index is 0.0125. The Morgan fingerprint density at radius 2 is 1.96 bits per heavy atom. The van der Waals surface area contributed by atoms with Gasteiger partial charge in [-0.3, -0.25) is 4.79 Å². The number of carbonyl (C=O) groups is 1. The third kappa shape index (κ3) is 4.63. The predicted molar refractivity (Wildman–Crippen MR) is 104 cm³/mol. The number of hydrogen-bond donors (Lipinski definition) is 2. The van der Waals surface area contributed by atoms with E-state index in [0.717, 1.165) is 5.56 Å². The summed E-state index contributed by atoms with van der Waals surface area (Å²) in [6.07, 6.45) is 0. The molecule has 0 spiro atoms. The fourth-order valence-corrected chi connectivity index (χ4v) is 3.29. The van der Waals surface area contributed by atoms with E-state index < -0.39 is 11.7 Å². The molecule has 0 atom stereocenters. The van der Waals surface area contributed by atoms with E-state index in [1.165, 1.54) is 36.0 Å². The van der Waals surface area contributed by atoms with Crippen molar-refractivity contribution in [1.29, 1.82) is 5.26 Å². The van der Waals surface area contributed by atoms with Gasteiger partial charge in [0.2, 0.25) is 0 Å². The molecule has 3 aromatic rings. The molecule has 0 fully saturated rings. The lowest BCUT2D eigenvalue weighted by atomic mass is 10.2. The van der Waals surface area contributed by atoms with E-state index in [1.54, 1.807) is 6.07 Å². The molecule has 2 aromatic carbocycles. The highest BCUT2D eigenvalue weighted by Crippen LogP contribution is 2.27. The number of pyridine rings is 1. The summed E-state index contributed by atoms with van der Waals surface area (Å²) >= 11 is 1.37. The zero-order valence-electron chi connectivity index (χ0n) is 14.1. The Morgan fingerprint density at radius 3 is 2.67 bits per heavy atom. The monoisotopic (exact) mass is 378 g/mol. The molecular formula is C20H15FN4OS. The summed E-state index contributed by atoms with van der Waals surface area (Å²) < 4.78 is 13.3. The number of carbonyl (C=O) groups excluding carboxylic acids is 1. The van der Waals surface area contributed by atoms with Gasteiger partial charge >= 0.3 is 0 Å². The molecule has 0 saturated heterocycles. The van der Waals surface area contributed by atoms with E-state index >= 15 is 0 Å². The number of nitrogens with one attached hydrogen (secondary N) is 1. The van der Waals surface area contributed by atoms with E-state index in [0.29, 0.717) is 16.5 Å². The molecule has 3 rings (SSSR count). The lowest BCUT2D eigenvalue weighted by Gasteiger charge is -2.10. The number of anilines is 2. The van der Waals surface area contributed by atoms with Crippen LogP contribution >= 0.6 is 11.8 Å². The molecule has 0 bridgehead atoms. The van der Waals surface area contributed by atoms with E-state index in [1.807, 2.05) is 36.4 Å². The van der Waals surface area contributed by atoms with Gasteiger partial charge in [0.25, 0.3) is 5.91 Å². The van der Waals surface area contributed by atoms with Crippen LogP contribution in [0.4, 0.5) is 15.9 Å². The Bertz CT molecular complexity index is 1020. The highest BCUT2D eigenvalue weighted by molar-refractivity contribution is 7.98. The fraction of sp³-hybridized carbons (Fsp3) is 0.0500. The lowest BCUT2D eigenvalue weighted by Crippen LogP contribution is -2.16. The standard InChI is InChI=1S/C20H15FN4OS/c21-15-7-4-8-16(10-15)24-19(26)17-9-14(11-22)20(25-18(17)23)27-12-13-5-2-1-3-6-13/h1-10H,12H2,(H2,23,25)(H,24,26). The van der Waals surface area contributed by atoms with Gasteiger partial charge in [-0.15, -0.1) is 11.8 Å². The Kier molecular flexibility index (Phi) is 5.69. The molecule has 0 radical (unpaired) electrons. The van der Waals surface area contributed by atoms with Gasteiger partial charge in [-0.25, -0.2) is 9.37 Å². The Hall–Kier alpha value is -3.37. The number of nitrogens with zero attached hydrogens (tertiary/aromatic N) is 2. The number of rotatable bonds is 5. The normalized spacial score (nSPS) is 10.2. The Morgan fingerprint density at radius 1 is 1.19 bits per heavy atom. The van der Waals surface area contributed by atoms with Gasteiger partial charge in [0.15, 0.2) is 0 Å². The molecule has 5 nitrogen and oxygen atoms in total. The molecule has 7 heteroatoms. The van der Waals surface area contributed by atoms with E-state index in [9.17, 15) is 14.4 Å². The molecule has 3 N–H and O–H groups in total. The molecule has 0 aliphatic heterocycles. The number of amides is 1. The van der Waals surface area contributed by atoms with Crippen LogP contribution in [0.2, 0.25) is 0 Å². The van der Waals surface area contributed by atoms with Crippen LogP contribution in [-0.4, -0.2) is 10.9 Å². The van der Waals surface area contributed by atoms with Crippen molar-refractivity contribution < 1.29 is 9.18 Å². The van der Waals surface area contributed by atoms with Gasteiger partial charge in [0, 0.05) is 11.4 Å². The van der Waals surface area contributed by atoms with Crippen molar-refractivity contribution in [2.24, 2.45) is 0 Å². The maximum Gasteiger partial charge on any atom is 0.259 e. The number of aromatic nitrogens is 1. The van der Waals surface area contributed by atoms with Gasteiger partial charge in [-0.05, 0) is 29.8 Å². The van der Waals surface area contributed by atoms with Crippen molar-refractivity contribution in [1.82, 2.24) is 4.98 Å². The summed E-state index contributed by atoms with van der Waals surface area (Å²) in [7, 11) is 0. The zero-order chi connectivity index (χ0) is 19.2. The van der Waals surface area contributed by atoms with Gasteiger partial charge in [-0.1, -0.05) is 36.4 Å². The Labute approximate surface area is 160 Å². The highest BCUT2D eigenvalue weighted by Gasteiger charge is 2.16. The number of hydrogen-bond acceptors (Lipinski definition) is 5. The van der Waals surface area contributed by atoms with E-state index in [-0.39, 0.29) is 16.9 Å². The molecular weight excluding hydrogens is 363 g/mol. The number of nitriles is 1. The quantitative estimate of drug-likeness (QED) is 0.649. The van der Waals surface area contributed by atoms with Crippen LogP contribution in [-0.2, 0) is 5.75 Å². The molecule has 0 aliphatic rings. The summed E-state index contributed by atoms with van der Waals surface area (Å²) in [5.74, 6) is -0.388. The fourth-order valence-electron chi connectivity index (χ4n) is 2.37. The van der Waals surface area contributed by atoms with Crippen molar-refractivity contribution >= 4 is 29.2 Å². The lowest BCUT2D eigenvalue weighted by molar-refractivity contribution is 0.102. The molecule has 1 heterocycles. The molecule has 1 aromatic heterocycles. The number of thioether (sulfide) groups is 1. The number of benzene rings is 2. The first-order chi connectivity index (χ1) is 13.1. The van der Waals surface area contributed by atoms with Crippen LogP contribution < -0.4 is 11.1 Å². The second-order valence-electron chi connectivity index (χ2n) is 5.62. The first-order valence-corrected chi connectivity index (χ1v) is 8.99. The third-order valence-electron chi connectivity index (χ3n) is 3.68. The van der Waals surface area contributed by atoms with Crippen LogP contribution in [0.25, 0.3) is 0 Å². The molecule has 1 amide bonds. The summed E-state index contributed by atoms with van der Waals surface area (Å²) in [4.78, 5) is 16.7. The van der Waals surface area contributed by atoms with E-state index in [2.05, 4.69) is 10.3 Å². The zero-order valence-corrected chi connectivity index (χ0v) is 15.0. The number of halogens is 1. The van der Waals surface area contributed by atoms with Gasteiger partial charge in [0.1, 0.15) is 22.7 Å². The summed E-state index contributed by atoms with van der Waals surface area (Å²) in [6, 6.07) is 18.7. The van der Waals surface area contributed by atoms with Crippen molar-refractivity contribution in [3.05, 3.63) is 83.2 Å². The molecule has 0 aliphatic carbocycles. The van der Waals surface area contributed by atoms with Crippen LogP contribution in [0, 0.1) is 17.1 Å². The molecule has 0 saturated carbocycles. The van der Waals surface area contributed by atoms with Crippen LogP contribution in [0.5, 0.6) is 0 Å². The van der Waals surface area contributed by atoms with Gasteiger partial charge in [-0.2, -0.15) is 5.26 Å². The number of nitrogens with two attached hydrogens (primary N) is 1. The van der Waals surface area contributed by atoms with Crippen molar-refractivity contribution in [3.63, 3.8) is 0 Å². The average Bonchev–Trinajstić information content (AvgIpc) is 2.67. The van der Waals surface area contributed by atoms with Crippen LogP contribution in [0.1, 0.15) is 21.5 Å². The minimum atomic E-state index is -0.554. The largest absolute Gasteiger partial charge is 0.383 e. The summed E-state index contributed by atoms with van der Waals surface area (Å²) in [5, 5.41) is 12.4. The smallest absolute Gasteiger partial charge is 0.259 e. The van der Waals surface area contributed by atoms with E-state index in [4.69, 9.17) is 5.73 Å². The first-order valence-electron chi connectivity index (χ1n) is 8.01. The summed E-state index contributed by atoms with van der Waals surface area (Å²) in [5.41, 5.74) is 7.63. The van der Waals surface area contributed by atoms with Crippen molar-refractivity contribution in [2.75, 3.05) is 11.1 Å². The highest BCUT2D eigenvalue weighted by atomic mass is 32.2. The second-order valence-corrected chi connectivity index (χ2v) is 6.59. The predicted octanol–water partition coefficient (Wildman–Crippen LogP) is 4.22. The summed E-state index contributed by atoms with van der Waals surface area (Å²) in [6.45, 7) is 0. The topological polar surface area (TPSA) is 91.8 Å². The SMILES string of the molecule is N#Cc1cc(C(=O)Nc2cccc(F)c2)c(N)nc1SCc1ccccc1. The maximum absolute atomic E-state index is 13.3. The van der Waals surface area contributed by atoms with Gasteiger partial charge < -0.3 is 11.1 Å². The number of nitrogen functional groups attached to an aromatic ring is 1.